The molecule has 0 radical (unpaired) electrons. The molecule has 182 valence electrons. The second-order valence-electron chi connectivity index (χ2n) is 9.40. The van der Waals surface area contributed by atoms with Gasteiger partial charge in [0.15, 0.2) is 5.96 Å². The smallest absolute Gasteiger partial charge is 0.338 e. The number of carbonyl (C=O) groups is 2. The lowest BCUT2D eigenvalue weighted by molar-refractivity contribution is -0.0406. The highest BCUT2D eigenvalue weighted by molar-refractivity contribution is 5.98. The second kappa shape index (κ2) is 8.02. The molecule has 0 saturated carbocycles. The van der Waals surface area contributed by atoms with E-state index in [-0.39, 0.29) is 18.4 Å². The fourth-order valence-electron chi connectivity index (χ4n) is 5.86. The molecule has 0 bridgehead atoms. The first-order valence-electron chi connectivity index (χ1n) is 11.6. The molecule has 2 aromatic rings. The molecule has 11 heteroatoms. The third kappa shape index (κ3) is 3.31. The molecule has 7 N–H and O–H groups in total. The number of ether oxygens (including phenoxy) is 1. The summed E-state index contributed by atoms with van der Waals surface area (Å²) in [6, 6.07) is 15.2. The molecule has 5 unspecified atom stereocenters. The molecule has 0 aliphatic carbocycles. The normalized spacial score (nSPS) is 33.3. The first kappa shape index (κ1) is 22.0. The van der Waals surface area contributed by atoms with E-state index in [0.29, 0.717) is 24.2 Å². The van der Waals surface area contributed by atoms with E-state index >= 15 is 0 Å². The number of hydrogen-bond acceptors (Lipinski definition) is 8. The Morgan fingerprint density at radius 2 is 1.94 bits per heavy atom. The van der Waals surface area contributed by atoms with Crippen molar-refractivity contribution in [2.75, 3.05) is 13.1 Å². The number of aliphatic hydroxyl groups excluding tert-OH is 1. The zero-order chi connectivity index (χ0) is 24.3. The third-order valence-electron chi connectivity index (χ3n) is 7.41. The van der Waals surface area contributed by atoms with Gasteiger partial charge in [-0.3, -0.25) is 20.8 Å². The van der Waals surface area contributed by atoms with E-state index in [1.54, 1.807) is 40.1 Å². The van der Waals surface area contributed by atoms with Gasteiger partial charge in [0.25, 0.3) is 5.91 Å². The first-order valence-corrected chi connectivity index (χ1v) is 11.6. The van der Waals surface area contributed by atoms with Crippen molar-refractivity contribution in [3.63, 3.8) is 0 Å². The van der Waals surface area contributed by atoms with Crippen LogP contribution in [0, 0.1) is 5.41 Å². The Morgan fingerprint density at radius 1 is 1.20 bits per heavy atom. The molecule has 4 aliphatic heterocycles. The topological polar surface area (TPSA) is 156 Å². The van der Waals surface area contributed by atoms with Gasteiger partial charge in [0.2, 0.25) is 0 Å². The van der Waals surface area contributed by atoms with Gasteiger partial charge in [-0.2, -0.15) is 0 Å². The number of aliphatic hydroxyl groups is 1. The van der Waals surface area contributed by atoms with Crippen molar-refractivity contribution < 1.29 is 19.4 Å². The van der Waals surface area contributed by atoms with E-state index in [2.05, 4.69) is 16.0 Å². The lowest BCUT2D eigenvalue weighted by atomic mass is 9.87. The lowest BCUT2D eigenvalue weighted by Gasteiger charge is -2.50. The number of rotatable bonds is 4. The highest BCUT2D eigenvalue weighted by Crippen LogP contribution is 2.39. The summed E-state index contributed by atoms with van der Waals surface area (Å²) in [6.07, 6.45) is -2.72. The Kier molecular flexibility index (Phi) is 5.04. The molecule has 2 aromatic carbocycles. The maximum Gasteiger partial charge on any atom is 0.338 e. The fourth-order valence-corrected chi connectivity index (χ4v) is 5.86. The SMILES string of the molecule is N=C1NC(CN2Cc3ccccc3C2=O)C2NC(N)NC23C(O)[C@@H](OC(=O)c2ccccc2)CN13. The molecule has 4 heterocycles. The molecule has 6 rings (SSSR count). The molecule has 4 aliphatic rings. The maximum absolute atomic E-state index is 13.0. The number of esters is 1. The molecule has 1 amide bonds. The summed E-state index contributed by atoms with van der Waals surface area (Å²) in [4.78, 5) is 29.1. The van der Waals surface area contributed by atoms with Gasteiger partial charge in [0.05, 0.1) is 24.2 Å². The van der Waals surface area contributed by atoms with Crippen LogP contribution in [0.25, 0.3) is 0 Å². The summed E-state index contributed by atoms with van der Waals surface area (Å²) >= 11 is 0. The van der Waals surface area contributed by atoms with Crippen LogP contribution in [0.15, 0.2) is 54.6 Å². The molecule has 11 nitrogen and oxygen atoms in total. The van der Waals surface area contributed by atoms with Gasteiger partial charge in [-0.1, -0.05) is 36.4 Å². The average Bonchev–Trinajstić information content (AvgIpc) is 3.47. The van der Waals surface area contributed by atoms with E-state index in [4.69, 9.17) is 15.9 Å². The van der Waals surface area contributed by atoms with Gasteiger partial charge in [-0.05, 0) is 23.8 Å². The van der Waals surface area contributed by atoms with Crippen molar-refractivity contribution in [1.82, 2.24) is 25.8 Å². The summed E-state index contributed by atoms with van der Waals surface area (Å²) in [6.45, 7) is 0.895. The van der Waals surface area contributed by atoms with Crippen LogP contribution in [0.4, 0.5) is 0 Å². The standard InChI is InChI=1S/C24H27N7O4/c25-22-28-18-16(11-30-10-14-8-4-5-9-15(14)20(30)33)27-23(26)31-12-17(19(32)24(18,31)29-22)35-21(34)13-6-2-1-3-7-13/h1-9,16-19,22,28-29,32H,10-12,25H2,(H2,26,27)/t16?,17-,18?,19?,22?,24?/m0/s1. The Bertz CT molecular complexity index is 1190. The van der Waals surface area contributed by atoms with Crippen molar-refractivity contribution >= 4 is 17.8 Å². The number of fused-ring (bicyclic) bond motifs is 1. The number of nitrogens with two attached hydrogens (primary N) is 1. The fraction of sp³-hybridized carbons (Fsp3) is 0.375. The van der Waals surface area contributed by atoms with Crippen LogP contribution in [0.5, 0.6) is 0 Å². The van der Waals surface area contributed by atoms with Crippen molar-refractivity contribution in [3.8, 4) is 0 Å². The quantitative estimate of drug-likeness (QED) is 0.303. The molecule has 3 saturated heterocycles. The average molecular weight is 478 g/mol. The summed E-state index contributed by atoms with van der Waals surface area (Å²) < 4.78 is 5.69. The maximum atomic E-state index is 13.0. The van der Waals surface area contributed by atoms with Gasteiger partial charge in [0, 0.05) is 18.7 Å². The lowest BCUT2D eigenvalue weighted by Crippen LogP contribution is -2.78. The van der Waals surface area contributed by atoms with Crippen LogP contribution in [0.2, 0.25) is 0 Å². The molecule has 6 atom stereocenters. The molecule has 0 aromatic heterocycles. The predicted molar refractivity (Wildman–Crippen MR) is 125 cm³/mol. The van der Waals surface area contributed by atoms with Gasteiger partial charge in [-0.25, -0.2) is 4.79 Å². The summed E-state index contributed by atoms with van der Waals surface area (Å²) in [5.41, 5.74) is 7.05. The van der Waals surface area contributed by atoms with Crippen LogP contribution in [-0.2, 0) is 11.3 Å². The number of nitrogens with zero attached hydrogens (tertiary/aromatic N) is 2. The Hall–Kier alpha value is -3.51. The molecular formula is C24H27N7O4. The van der Waals surface area contributed by atoms with Gasteiger partial charge >= 0.3 is 5.97 Å². The predicted octanol–water partition coefficient (Wildman–Crippen LogP) is -1.05. The zero-order valence-electron chi connectivity index (χ0n) is 18.8. The minimum absolute atomic E-state index is 0.0659. The Labute approximate surface area is 201 Å². The van der Waals surface area contributed by atoms with Crippen molar-refractivity contribution in [1.29, 1.82) is 5.41 Å². The minimum atomic E-state index is -1.18. The number of amides is 1. The second-order valence-corrected chi connectivity index (χ2v) is 9.40. The van der Waals surface area contributed by atoms with Crippen LogP contribution in [0.1, 0.15) is 26.3 Å². The van der Waals surface area contributed by atoms with Gasteiger partial charge in [0.1, 0.15) is 24.2 Å². The van der Waals surface area contributed by atoms with Crippen LogP contribution >= 0.6 is 0 Å². The third-order valence-corrected chi connectivity index (χ3v) is 7.41. The Morgan fingerprint density at radius 3 is 2.71 bits per heavy atom. The minimum Gasteiger partial charge on any atom is -0.454 e. The summed E-state index contributed by atoms with van der Waals surface area (Å²) in [7, 11) is 0. The summed E-state index contributed by atoms with van der Waals surface area (Å²) in [5, 5.41) is 29.8. The van der Waals surface area contributed by atoms with E-state index < -0.39 is 42.2 Å². The highest BCUT2D eigenvalue weighted by atomic mass is 16.6. The summed E-state index contributed by atoms with van der Waals surface area (Å²) in [5.74, 6) is -0.549. The van der Waals surface area contributed by atoms with E-state index in [1.807, 2.05) is 24.3 Å². The molecule has 35 heavy (non-hydrogen) atoms. The van der Waals surface area contributed by atoms with E-state index in [9.17, 15) is 14.7 Å². The number of nitrogens with one attached hydrogen (secondary N) is 4. The number of carbonyl (C=O) groups excluding carboxylic acids is 2. The van der Waals surface area contributed by atoms with Crippen molar-refractivity contribution in [2.24, 2.45) is 5.73 Å². The zero-order valence-corrected chi connectivity index (χ0v) is 18.8. The van der Waals surface area contributed by atoms with Crippen LogP contribution in [-0.4, -0.2) is 82.1 Å². The first-order chi connectivity index (χ1) is 16.9. The van der Waals surface area contributed by atoms with Crippen molar-refractivity contribution in [2.45, 2.75) is 42.8 Å². The Balaban J connectivity index is 1.25. The van der Waals surface area contributed by atoms with Crippen LogP contribution in [0.3, 0.4) is 0 Å². The van der Waals surface area contributed by atoms with Crippen LogP contribution < -0.4 is 21.7 Å². The molecule has 3 fully saturated rings. The number of benzene rings is 2. The number of hydrogen-bond donors (Lipinski definition) is 6. The monoisotopic (exact) mass is 477 g/mol. The number of guanidine groups is 1. The highest BCUT2D eigenvalue weighted by Gasteiger charge is 2.67. The van der Waals surface area contributed by atoms with Gasteiger partial charge in [-0.15, -0.1) is 0 Å². The van der Waals surface area contributed by atoms with Gasteiger partial charge < -0.3 is 30.7 Å². The van der Waals surface area contributed by atoms with Crippen molar-refractivity contribution in [3.05, 3.63) is 71.3 Å². The molecular weight excluding hydrogens is 450 g/mol. The van der Waals surface area contributed by atoms with E-state index in [1.165, 1.54) is 0 Å². The van der Waals surface area contributed by atoms with E-state index in [0.717, 1.165) is 5.56 Å². The molecule has 1 spiro atoms. The largest absolute Gasteiger partial charge is 0.454 e.